The molecule has 0 aliphatic rings. The first-order chi connectivity index (χ1) is 9.67. The largest absolute Gasteiger partial charge is 0.480 e. The molecule has 2 rings (SSSR count). The summed E-state index contributed by atoms with van der Waals surface area (Å²) in [6.07, 6.45) is 0. The average Bonchev–Trinajstić information content (AvgIpc) is 2.64. The first-order valence-corrected chi connectivity index (χ1v) is 7.13. The maximum absolute atomic E-state index is 11.1. The van der Waals surface area contributed by atoms with Gasteiger partial charge in [0, 0.05) is 0 Å². The third-order valence-corrected chi connectivity index (χ3v) is 3.52. The van der Waals surface area contributed by atoms with Crippen molar-refractivity contribution in [3.8, 4) is 0 Å². The molecule has 1 aromatic heterocycles. The molecule has 0 amide bonds. The van der Waals surface area contributed by atoms with E-state index in [1.165, 1.54) is 0 Å². The van der Waals surface area contributed by atoms with E-state index in [-0.39, 0.29) is 18.8 Å². The summed E-state index contributed by atoms with van der Waals surface area (Å²) in [6, 6.07) is 3.24. The van der Waals surface area contributed by atoms with Crippen LogP contribution >= 0.6 is 23.2 Å². The van der Waals surface area contributed by atoms with Gasteiger partial charge in [0.1, 0.15) is 19.0 Å². The molecule has 0 radical (unpaired) electrons. The molecule has 0 unspecified atom stereocenters. The van der Waals surface area contributed by atoms with Crippen molar-refractivity contribution >= 4 is 40.2 Å². The zero-order chi connectivity index (χ0) is 15.8. The van der Waals surface area contributed by atoms with Crippen molar-refractivity contribution in [2.24, 2.45) is 0 Å². The molecular formula is C14H16Cl2N2O3. The number of carboxylic acid groups (broad SMARTS) is 1. The molecule has 1 heterocycles. The Morgan fingerprint density at radius 1 is 1.33 bits per heavy atom. The van der Waals surface area contributed by atoms with Crippen LogP contribution in [0, 0.1) is 0 Å². The summed E-state index contributed by atoms with van der Waals surface area (Å²) in [5.41, 5.74) is 0.874. The average molecular weight is 331 g/mol. The number of hydrogen-bond acceptors (Lipinski definition) is 3. The van der Waals surface area contributed by atoms with E-state index < -0.39 is 5.97 Å². The van der Waals surface area contributed by atoms with Gasteiger partial charge in [-0.3, -0.25) is 4.79 Å². The zero-order valence-electron chi connectivity index (χ0n) is 12.0. The van der Waals surface area contributed by atoms with E-state index in [1.54, 1.807) is 16.7 Å². The number of nitrogens with zero attached hydrogens (tertiary/aromatic N) is 2. The molecule has 114 valence electrons. The number of hydrogen-bond donors (Lipinski definition) is 1. The van der Waals surface area contributed by atoms with Crippen LogP contribution in [0.5, 0.6) is 0 Å². The molecule has 0 spiro atoms. The molecule has 21 heavy (non-hydrogen) atoms. The third-order valence-electron chi connectivity index (χ3n) is 2.80. The summed E-state index contributed by atoms with van der Waals surface area (Å²) in [7, 11) is 0. The molecule has 1 aromatic carbocycles. The van der Waals surface area contributed by atoms with Crippen molar-refractivity contribution in [2.75, 3.05) is 0 Å². The predicted octanol–water partition coefficient (Wildman–Crippen LogP) is 3.74. The lowest BCUT2D eigenvalue weighted by Crippen LogP contribution is -2.21. The first kappa shape index (κ1) is 16.1. The SMILES string of the molecule is CC(C)(C)OCc1nc2cc(Cl)c(Cl)cc2n1CC(=O)O. The van der Waals surface area contributed by atoms with Crippen LogP contribution in [0.2, 0.25) is 10.0 Å². The van der Waals surface area contributed by atoms with Crippen LogP contribution in [0.25, 0.3) is 11.0 Å². The van der Waals surface area contributed by atoms with Crippen molar-refractivity contribution in [2.45, 2.75) is 39.5 Å². The number of fused-ring (bicyclic) bond motifs is 1. The van der Waals surface area contributed by atoms with Crippen LogP contribution in [0.15, 0.2) is 12.1 Å². The van der Waals surface area contributed by atoms with Crippen LogP contribution in [-0.2, 0) is 22.7 Å². The van der Waals surface area contributed by atoms with Gasteiger partial charge in [0.25, 0.3) is 0 Å². The van der Waals surface area contributed by atoms with Crippen molar-refractivity contribution in [1.29, 1.82) is 0 Å². The first-order valence-electron chi connectivity index (χ1n) is 6.37. The van der Waals surface area contributed by atoms with Gasteiger partial charge in [-0.05, 0) is 32.9 Å². The number of imidazole rings is 1. The summed E-state index contributed by atoms with van der Waals surface area (Å²) in [5, 5.41) is 9.81. The number of rotatable bonds is 4. The third kappa shape index (κ3) is 3.87. The minimum atomic E-state index is -0.961. The fourth-order valence-electron chi connectivity index (χ4n) is 1.87. The van der Waals surface area contributed by atoms with Crippen LogP contribution in [-0.4, -0.2) is 26.2 Å². The highest BCUT2D eigenvalue weighted by Crippen LogP contribution is 2.29. The molecule has 7 heteroatoms. The molecule has 1 N–H and O–H groups in total. The smallest absolute Gasteiger partial charge is 0.323 e. The zero-order valence-corrected chi connectivity index (χ0v) is 13.5. The normalized spacial score (nSPS) is 12.0. The summed E-state index contributed by atoms with van der Waals surface area (Å²) in [6.45, 7) is 5.76. The minimum absolute atomic E-state index is 0.209. The second-order valence-corrected chi connectivity index (χ2v) is 6.48. The van der Waals surface area contributed by atoms with Crippen molar-refractivity contribution in [3.63, 3.8) is 0 Å². The highest BCUT2D eigenvalue weighted by atomic mass is 35.5. The lowest BCUT2D eigenvalue weighted by Gasteiger charge is -2.19. The molecule has 5 nitrogen and oxygen atoms in total. The molecule has 0 saturated carbocycles. The number of carbonyl (C=O) groups is 1. The van der Waals surface area contributed by atoms with Gasteiger partial charge in [-0.1, -0.05) is 23.2 Å². The Labute approximate surface area is 132 Å². The molecule has 2 aromatic rings. The topological polar surface area (TPSA) is 64.4 Å². The van der Waals surface area contributed by atoms with E-state index in [9.17, 15) is 4.79 Å². The van der Waals surface area contributed by atoms with Gasteiger partial charge in [-0.25, -0.2) is 4.98 Å². The molecular weight excluding hydrogens is 315 g/mol. The Hall–Kier alpha value is -1.30. The number of carboxylic acids is 1. The second-order valence-electron chi connectivity index (χ2n) is 5.66. The van der Waals surface area contributed by atoms with Gasteiger partial charge in [0.2, 0.25) is 0 Å². The quantitative estimate of drug-likeness (QED) is 0.927. The number of aliphatic carboxylic acids is 1. The van der Waals surface area contributed by atoms with Crippen molar-refractivity contribution in [1.82, 2.24) is 9.55 Å². The molecule has 0 saturated heterocycles. The molecule has 0 bridgehead atoms. The van der Waals surface area contributed by atoms with E-state index in [1.807, 2.05) is 20.8 Å². The van der Waals surface area contributed by atoms with E-state index in [0.29, 0.717) is 26.9 Å². The molecule has 0 fully saturated rings. The molecule has 0 aliphatic heterocycles. The summed E-state index contributed by atoms with van der Waals surface area (Å²) < 4.78 is 7.26. The van der Waals surface area contributed by atoms with Gasteiger partial charge >= 0.3 is 5.97 Å². The number of aromatic nitrogens is 2. The fraction of sp³-hybridized carbons (Fsp3) is 0.429. The standard InChI is InChI=1S/C14H16Cl2N2O3/c1-14(2,3)21-7-12-17-10-4-8(15)9(16)5-11(10)18(12)6-13(19)20/h4-5H,6-7H2,1-3H3,(H,19,20). The van der Waals surface area contributed by atoms with Crippen molar-refractivity contribution < 1.29 is 14.6 Å². The van der Waals surface area contributed by atoms with E-state index >= 15 is 0 Å². The lowest BCUT2D eigenvalue weighted by atomic mass is 10.2. The van der Waals surface area contributed by atoms with Crippen molar-refractivity contribution in [3.05, 3.63) is 28.0 Å². The Morgan fingerprint density at radius 2 is 1.95 bits per heavy atom. The van der Waals surface area contributed by atoms with E-state index in [0.717, 1.165) is 0 Å². The summed E-state index contributed by atoms with van der Waals surface area (Å²) in [5.74, 6) is -0.432. The maximum atomic E-state index is 11.1. The fourth-order valence-corrected chi connectivity index (χ4v) is 2.19. The summed E-state index contributed by atoms with van der Waals surface area (Å²) in [4.78, 5) is 15.5. The van der Waals surface area contributed by atoms with Crippen LogP contribution in [0.3, 0.4) is 0 Å². The van der Waals surface area contributed by atoms with Gasteiger partial charge < -0.3 is 14.4 Å². The number of halogens is 2. The highest BCUT2D eigenvalue weighted by molar-refractivity contribution is 6.42. The lowest BCUT2D eigenvalue weighted by molar-refractivity contribution is -0.137. The molecule has 0 atom stereocenters. The second kappa shape index (κ2) is 5.83. The van der Waals surface area contributed by atoms with Gasteiger partial charge in [0.05, 0.1) is 26.7 Å². The predicted molar refractivity (Wildman–Crippen MR) is 81.9 cm³/mol. The Balaban J connectivity index is 2.49. The van der Waals surface area contributed by atoms with E-state index in [4.69, 9.17) is 33.0 Å². The number of ether oxygens (including phenoxy) is 1. The maximum Gasteiger partial charge on any atom is 0.323 e. The van der Waals surface area contributed by atoms with Crippen LogP contribution < -0.4 is 0 Å². The van der Waals surface area contributed by atoms with Gasteiger partial charge in [0.15, 0.2) is 0 Å². The highest BCUT2D eigenvalue weighted by Gasteiger charge is 2.18. The minimum Gasteiger partial charge on any atom is -0.480 e. The van der Waals surface area contributed by atoms with Crippen LogP contribution in [0.4, 0.5) is 0 Å². The Morgan fingerprint density at radius 3 is 2.52 bits per heavy atom. The monoisotopic (exact) mass is 330 g/mol. The Bertz CT molecular complexity index is 690. The van der Waals surface area contributed by atoms with E-state index in [2.05, 4.69) is 4.98 Å². The van der Waals surface area contributed by atoms with Gasteiger partial charge in [-0.2, -0.15) is 0 Å². The van der Waals surface area contributed by atoms with Gasteiger partial charge in [-0.15, -0.1) is 0 Å². The number of benzene rings is 1. The molecule has 0 aliphatic carbocycles. The van der Waals surface area contributed by atoms with Crippen LogP contribution in [0.1, 0.15) is 26.6 Å². The Kier molecular flexibility index (Phi) is 4.46. The summed E-state index contributed by atoms with van der Waals surface area (Å²) >= 11 is 12.0.